The monoisotopic (exact) mass is 247 g/mol. The maximum atomic E-state index is 5.86. The molecular weight excluding hydrogens is 222 g/mol. The lowest BCUT2D eigenvalue weighted by Gasteiger charge is -2.31. The number of hydrogen-bond donors (Lipinski definition) is 2. The maximum absolute atomic E-state index is 5.86. The Morgan fingerprint density at radius 1 is 1.28 bits per heavy atom. The Morgan fingerprint density at radius 2 is 2.00 bits per heavy atom. The first-order valence-corrected chi connectivity index (χ1v) is 7.00. The summed E-state index contributed by atoms with van der Waals surface area (Å²) in [5.74, 6) is 0.800. The summed E-state index contributed by atoms with van der Waals surface area (Å²) in [5.41, 5.74) is 9.08. The normalized spacial score (nSPS) is 17.9. The largest absolute Gasteiger partial charge is 0.399 e. The second-order valence-corrected chi connectivity index (χ2v) is 5.39. The number of aryl methyl sites for hydroxylation is 1. The Bertz CT molecular complexity index is 361. The molecule has 0 radical (unpaired) electrons. The summed E-state index contributed by atoms with van der Waals surface area (Å²) in [7, 11) is 0. The smallest absolute Gasteiger partial charge is 0.0363 e. The van der Waals surface area contributed by atoms with Gasteiger partial charge in [-0.2, -0.15) is 0 Å². The predicted octanol–water partition coefficient (Wildman–Crippen LogP) is 2.72. The lowest BCUT2D eigenvalue weighted by molar-refractivity contribution is 0.198. The van der Waals surface area contributed by atoms with Gasteiger partial charge in [-0.05, 0) is 69.1 Å². The van der Waals surface area contributed by atoms with Gasteiger partial charge >= 0.3 is 0 Å². The van der Waals surface area contributed by atoms with Gasteiger partial charge in [0.25, 0.3) is 0 Å². The molecule has 3 nitrogen and oxygen atoms in total. The van der Waals surface area contributed by atoms with Gasteiger partial charge in [0, 0.05) is 17.9 Å². The van der Waals surface area contributed by atoms with E-state index >= 15 is 0 Å². The first kappa shape index (κ1) is 13.2. The number of nitrogens with one attached hydrogen (secondary N) is 1. The van der Waals surface area contributed by atoms with Crippen LogP contribution in [0.5, 0.6) is 0 Å². The van der Waals surface area contributed by atoms with E-state index in [1.165, 1.54) is 38.0 Å². The Morgan fingerprint density at radius 3 is 2.61 bits per heavy atom. The average molecular weight is 247 g/mol. The minimum absolute atomic E-state index is 0.800. The molecule has 100 valence electrons. The summed E-state index contributed by atoms with van der Waals surface area (Å²) < 4.78 is 0. The van der Waals surface area contributed by atoms with Crippen molar-refractivity contribution in [2.75, 3.05) is 37.2 Å². The van der Waals surface area contributed by atoms with Crippen LogP contribution in [0, 0.1) is 12.8 Å². The third-order valence-corrected chi connectivity index (χ3v) is 3.85. The van der Waals surface area contributed by atoms with Crippen molar-refractivity contribution < 1.29 is 0 Å². The van der Waals surface area contributed by atoms with Crippen LogP contribution in [0.25, 0.3) is 0 Å². The molecule has 1 saturated heterocycles. The molecule has 1 heterocycles. The highest BCUT2D eigenvalue weighted by molar-refractivity contribution is 5.56. The minimum atomic E-state index is 0.800. The molecule has 1 aliphatic rings. The minimum Gasteiger partial charge on any atom is -0.399 e. The predicted molar refractivity (Wildman–Crippen MR) is 78.9 cm³/mol. The van der Waals surface area contributed by atoms with Crippen LogP contribution < -0.4 is 11.1 Å². The van der Waals surface area contributed by atoms with Gasteiger partial charge in [-0.25, -0.2) is 0 Å². The van der Waals surface area contributed by atoms with Crippen LogP contribution in [0.15, 0.2) is 18.2 Å². The molecule has 0 bridgehead atoms. The standard InChI is InChI=1S/C15H25N3/c1-3-18-6-4-13(5-7-18)11-17-15-9-12(2)8-14(16)10-15/h8-10,13,17H,3-7,11,16H2,1-2H3. The van der Waals surface area contributed by atoms with Crippen LogP contribution >= 0.6 is 0 Å². The first-order chi connectivity index (χ1) is 8.67. The van der Waals surface area contributed by atoms with Gasteiger partial charge in [-0.1, -0.05) is 6.92 Å². The molecule has 0 aliphatic carbocycles. The van der Waals surface area contributed by atoms with Gasteiger partial charge in [-0.3, -0.25) is 0 Å². The van der Waals surface area contributed by atoms with E-state index in [1.807, 2.05) is 12.1 Å². The lowest BCUT2D eigenvalue weighted by Crippen LogP contribution is -2.35. The molecule has 1 aromatic carbocycles. The number of nitrogens with two attached hydrogens (primary N) is 1. The average Bonchev–Trinajstić information content (AvgIpc) is 2.36. The fraction of sp³-hybridized carbons (Fsp3) is 0.600. The number of piperidine rings is 1. The van der Waals surface area contributed by atoms with Crippen molar-refractivity contribution in [3.8, 4) is 0 Å². The zero-order valence-electron chi connectivity index (χ0n) is 11.6. The van der Waals surface area contributed by atoms with Crippen molar-refractivity contribution in [3.05, 3.63) is 23.8 Å². The first-order valence-electron chi connectivity index (χ1n) is 7.00. The van der Waals surface area contributed by atoms with E-state index in [1.54, 1.807) is 0 Å². The maximum Gasteiger partial charge on any atom is 0.0363 e. The Balaban J connectivity index is 1.81. The van der Waals surface area contributed by atoms with Gasteiger partial charge in [0.15, 0.2) is 0 Å². The highest BCUT2D eigenvalue weighted by Gasteiger charge is 2.17. The van der Waals surface area contributed by atoms with Crippen molar-refractivity contribution in [3.63, 3.8) is 0 Å². The van der Waals surface area contributed by atoms with E-state index in [4.69, 9.17) is 5.73 Å². The number of nitrogen functional groups attached to an aromatic ring is 1. The molecule has 0 spiro atoms. The van der Waals surface area contributed by atoms with E-state index in [0.29, 0.717) is 0 Å². The number of anilines is 2. The van der Waals surface area contributed by atoms with E-state index < -0.39 is 0 Å². The van der Waals surface area contributed by atoms with E-state index in [2.05, 4.69) is 30.1 Å². The molecule has 1 fully saturated rings. The molecule has 0 unspecified atom stereocenters. The number of hydrogen-bond acceptors (Lipinski definition) is 3. The number of benzene rings is 1. The van der Waals surface area contributed by atoms with Crippen LogP contribution in [0.2, 0.25) is 0 Å². The second kappa shape index (κ2) is 6.10. The SMILES string of the molecule is CCN1CCC(CNc2cc(C)cc(N)c2)CC1. The number of nitrogens with zero attached hydrogens (tertiary/aromatic N) is 1. The topological polar surface area (TPSA) is 41.3 Å². The molecule has 0 saturated carbocycles. The fourth-order valence-electron chi connectivity index (χ4n) is 2.68. The van der Waals surface area contributed by atoms with Crippen LogP contribution in [-0.2, 0) is 0 Å². The van der Waals surface area contributed by atoms with Crippen molar-refractivity contribution in [1.82, 2.24) is 4.90 Å². The van der Waals surface area contributed by atoms with E-state index in [9.17, 15) is 0 Å². The third-order valence-electron chi connectivity index (χ3n) is 3.85. The Labute approximate surface area is 110 Å². The number of rotatable bonds is 4. The molecule has 0 atom stereocenters. The van der Waals surface area contributed by atoms with Gasteiger partial charge in [0.05, 0.1) is 0 Å². The Kier molecular flexibility index (Phi) is 4.48. The summed E-state index contributed by atoms with van der Waals surface area (Å²) in [5, 5.41) is 3.53. The van der Waals surface area contributed by atoms with Crippen molar-refractivity contribution in [2.45, 2.75) is 26.7 Å². The van der Waals surface area contributed by atoms with Crippen LogP contribution in [0.3, 0.4) is 0 Å². The van der Waals surface area contributed by atoms with Gasteiger partial charge in [-0.15, -0.1) is 0 Å². The van der Waals surface area contributed by atoms with Crippen LogP contribution in [0.1, 0.15) is 25.3 Å². The van der Waals surface area contributed by atoms with Crippen molar-refractivity contribution in [1.29, 1.82) is 0 Å². The molecule has 18 heavy (non-hydrogen) atoms. The summed E-state index contributed by atoms with van der Waals surface area (Å²) >= 11 is 0. The summed E-state index contributed by atoms with van der Waals surface area (Å²) in [6.07, 6.45) is 2.62. The van der Waals surface area contributed by atoms with Gasteiger partial charge < -0.3 is 16.0 Å². The van der Waals surface area contributed by atoms with Crippen molar-refractivity contribution >= 4 is 11.4 Å². The summed E-state index contributed by atoms with van der Waals surface area (Å²) in [6.45, 7) is 9.09. The van der Waals surface area contributed by atoms with Gasteiger partial charge in [0.1, 0.15) is 0 Å². The van der Waals surface area contributed by atoms with Crippen LogP contribution in [-0.4, -0.2) is 31.1 Å². The molecule has 2 rings (SSSR count). The Hall–Kier alpha value is -1.22. The second-order valence-electron chi connectivity index (χ2n) is 5.39. The van der Waals surface area contributed by atoms with Crippen LogP contribution in [0.4, 0.5) is 11.4 Å². The van der Waals surface area contributed by atoms with Crippen molar-refractivity contribution in [2.24, 2.45) is 5.92 Å². The summed E-state index contributed by atoms with van der Waals surface area (Å²) in [6, 6.07) is 6.19. The molecule has 3 N–H and O–H groups in total. The third kappa shape index (κ3) is 3.64. The summed E-state index contributed by atoms with van der Waals surface area (Å²) in [4.78, 5) is 2.53. The highest BCUT2D eigenvalue weighted by atomic mass is 15.1. The molecule has 0 amide bonds. The zero-order chi connectivity index (χ0) is 13.0. The molecule has 3 heteroatoms. The molecule has 1 aliphatic heterocycles. The molecule has 0 aromatic heterocycles. The zero-order valence-corrected chi connectivity index (χ0v) is 11.6. The lowest BCUT2D eigenvalue weighted by atomic mass is 9.96. The molecule has 1 aromatic rings. The fourth-order valence-corrected chi connectivity index (χ4v) is 2.68. The number of likely N-dealkylation sites (tertiary alicyclic amines) is 1. The molecular formula is C15H25N3. The quantitative estimate of drug-likeness (QED) is 0.804. The van der Waals surface area contributed by atoms with E-state index in [0.717, 1.165) is 23.8 Å². The van der Waals surface area contributed by atoms with E-state index in [-0.39, 0.29) is 0 Å². The van der Waals surface area contributed by atoms with Gasteiger partial charge in [0.2, 0.25) is 0 Å². The highest BCUT2D eigenvalue weighted by Crippen LogP contribution is 2.20.